The molecule has 17 heavy (non-hydrogen) atoms. The summed E-state index contributed by atoms with van der Waals surface area (Å²) in [6.45, 7) is 4.47. The molecule has 0 bridgehead atoms. The highest BCUT2D eigenvalue weighted by atomic mass is 35.5. The van der Waals surface area contributed by atoms with Gasteiger partial charge in [-0.1, -0.05) is 25.4 Å². The predicted octanol–water partition coefficient (Wildman–Crippen LogP) is 1.53. The highest BCUT2D eigenvalue weighted by molar-refractivity contribution is 6.29. The Morgan fingerprint density at radius 3 is 2.76 bits per heavy atom. The van der Waals surface area contributed by atoms with Crippen molar-refractivity contribution in [3.8, 4) is 0 Å². The lowest BCUT2D eigenvalue weighted by atomic mass is 10.1. The molecule has 1 N–H and O–H groups in total. The van der Waals surface area contributed by atoms with Crippen LogP contribution in [0.2, 0.25) is 5.15 Å². The second kappa shape index (κ2) is 6.51. The van der Waals surface area contributed by atoms with E-state index < -0.39 is 0 Å². The first-order valence-electron chi connectivity index (χ1n) is 5.32. The summed E-state index contributed by atoms with van der Waals surface area (Å²) in [5.74, 6) is -0.0261. The van der Waals surface area contributed by atoms with E-state index in [0.717, 1.165) is 0 Å². The van der Waals surface area contributed by atoms with Gasteiger partial charge in [0, 0.05) is 7.11 Å². The van der Waals surface area contributed by atoms with Crippen molar-refractivity contribution in [2.45, 2.75) is 19.9 Å². The molecule has 0 saturated carbocycles. The molecule has 0 fully saturated rings. The van der Waals surface area contributed by atoms with E-state index in [-0.39, 0.29) is 28.7 Å². The minimum atomic E-state index is -0.296. The van der Waals surface area contributed by atoms with Crippen LogP contribution >= 0.6 is 11.6 Å². The van der Waals surface area contributed by atoms with Crippen molar-refractivity contribution in [2.75, 3.05) is 13.7 Å². The van der Waals surface area contributed by atoms with Crippen molar-refractivity contribution in [1.29, 1.82) is 0 Å². The number of carbonyl (C=O) groups excluding carboxylic acids is 1. The standard InChI is InChI=1S/C11H16ClN3O2/c1-7(2)9(6-17-3)15-11(16)8-4-13-5-10(12)14-8/h4-5,7,9H,6H2,1-3H3,(H,15,16). The van der Waals surface area contributed by atoms with E-state index in [1.54, 1.807) is 7.11 Å². The maximum atomic E-state index is 11.9. The van der Waals surface area contributed by atoms with E-state index in [1.165, 1.54) is 12.4 Å². The van der Waals surface area contributed by atoms with Crippen LogP contribution in [0.25, 0.3) is 0 Å². The lowest BCUT2D eigenvalue weighted by Gasteiger charge is -2.21. The highest BCUT2D eigenvalue weighted by Crippen LogP contribution is 2.05. The van der Waals surface area contributed by atoms with Crippen LogP contribution in [0, 0.1) is 5.92 Å². The molecule has 6 heteroatoms. The Morgan fingerprint density at radius 2 is 2.24 bits per heavy atom. The normalized spacial score (nSPS) is 12.5. The zero-order chi connectivity index (χ0) is 12.8. The van der Waals surface area contributed by atoms with Gasteiger partial charge in [-0.05, 0) is 5.92 Å². The molecule has 1 heterocycles. The van der Waals surface area contributed by atoms with E-state index in [0.29, 0.717) is 6.61 Å². The summed E-state index contributed by atoms with van der Waals surface area (Å²) in [6, 6.07) is -0.0618. The molecule has 94 valence electrons. The Labute approximate surface area is 106 Å². The molecule has 0 aliphatic rings. The van der Waals surface area contributed by atoms with Crippen LogP contribution in [-0.4, -0.2) is 35.6 Å². The smallest absolute Gasteiger partial charge is 0.271 e. The number of nitrogens with one attached hydrogen (secondary N) is 1. The van der Waals surface area contributed by atoms with E-state index >= 15 is 0 Å². The number of rotatable bonds is 5. The fourth-order valence-corrected chi connectivity index (χ4v) is 1.42. The zero-order valence-corrected chi connectivity index (χ0v) is 10.9. The van der Waals surface area contributed by atoms with Gasteiger partial charge in [-0.3, -0.25) is 9.78 Å². The first kappa shape index (κ1) is 13.9. The number of hydrogen-bond acceptors (Lipinski definition) is 4. The molecule has 1 aromatic heterocycles. The molecular formula is C11H16ClN3O2. The quantitative estimate of drug-likeness (QED) is 0.869. The van der Waals surface area contributed by atoms with Crippen LogP contribution < -0.4 is 5.32 Å². The molecule has 1 aromatic rings. The van der Waals surface area contributed by atoms with Gasteiger partial charge >= 0.3 is 0 Å². The van der Waals surface area contributed by atoms with Gasteiger partial charge < -0.3 is 10.1 Å². The number of nitrogens with zero attached hydrogens (tertiary/aromatic N) is 2. The molecule has 0 aliphatic carbocycles. The summed E-state index contributed by atoms with van der Waals surface area (Å²) in [7, 11) is 1.60. The number of methoxy groups -OCH3 is 1. The second-order valence-electron chi connectivity index (χ2n) is 4.01. The predicted molar refractivity (Wildman–Crippen MR) is 65.0 cm³/mol. The molecule has 0 aliphatic heterocycles. The topological polar surface area (TPSA) is 64.1 Å². The first-order valence-corrected chi connectivity index (χ1v) is 5.69. The van der Waals surface area contributed by atoms with Crippen molar-refractivity contribution in [3.05, 3.63) is 23.2 Å². The summed E-state index contributed by atoms with van der Waals surface area (Å²) >= 11 is 5.67. The monoisotopic (exact) mass is 257 g/mol. The lowest BCUT2D eigenvalue weighted by Crippen LogP contribution is -2.42. The Bertz CT molecular complexity index is 385. The number of aromatic nitrogens is 2. The van der Waals surface area contributed by atoms with Crippen LogP contribution in [0.4, 0.5) is 0 Å². The summed E-state index contributed by atoms with van der Waals surface area (Å²) in [5, 5.41) is 3.04. The maximum Gasteiger partial charge on any atom is 0.271 e. The van der Waals surface area contributed by atoms with Gasteiger partial charge in [-0.25, -0.2) is 4.98 Å². The lowest BCUT2D eigenvalue weighted by molar-refractivity contribution is 0.0861. The molecular weight excluding hydrogens is 242 g/mol. The van der Waals surface area contributed by atoms with Crippen LogP contribution in [0.3, 0.4) is 0 Å². The third kappa shape index (κ3) is 4.28. The number of halogens is 1. The number of amides is 1. The largest absolute Gasteiger partial charge is 0.383 e. The highest BCUT2D eigenvalue weighted by Gasteiger charge is 2.18. The van der Waals surface area contributed by atoms with Crippen molar-refractivity contribution in [1.82, 2.24) is 15.3 Å². The van der Waals surface area contributed by atoms with Crippen molar-refractivity contribution in [3.63, 3.8) is 0 Å². The number of hydrogen-bond donors (Lipinski definition) is 1. The van der Waals surface area contributed by atoms with Gasteiger partial charge in [-0.2, -0.15) is 0 Å². The zero-order valence-electron chi connectivity index (χ0n) is 10.1. The van der Waals surface area contributed by atoms with Gasteiger partial charge in [0.15, 0.2) is 0 Å². The average Bonchev–Trinajstić information content (AvgIpc) is 2.28. The molecule has 1 rings (SSSR count). The molecule has 0 spiro atoms. The Kier molecular flexibility index (Phi) is 5.31. The maximum absolute atomic E-state index is 11.9. The van der Waals surface area contributed by atoms with Gasteiger partial charge in [0.2, 0.25) is 0 Å². The SMILES string of the molecule is COCC(NC(=O)c1cncc(Cl)n1)C(C)C. The molecule has 0 aromatic carbocycles. The second-order valence-corrected chi connectivity index (χ2v) is 4.39. The van der Waals surface area contributed by atoms with Crippen molar-refractivity contribution in [2.24, 2.45) is 5.92 Å². The van der Waals surface area contributed by atoms with Gasteiger partial charge in [0.1, 0.15) is 10.8 Å². The van der Waals surface area contributed by atoms with Gasteiger partial charge in [0.05, 0.1) is 25.0 Å². The van der Waals surface area contributed by atoms with Gasteiger partial charge in [-0.15, -0.1) is 0 Å². The van der Waals surface area contributed by atoms with Crippen molar-refractivity contribution >= 4 is 17.5 Å². The minimum absolute atomic E-state index is 0.0618. The molecule has 0 radical (unpaired) electrons. The fourth-order valence-electron chi connectivity index (χ4n) is 1.27. The average molecular weight is 258 g/mol. The Morgan fingerprint density at radius 1 is 1.53 bits per heavy atom. The molecule has 5 nitrogen and oxygen atoms in total. The van der Waals surface area contributed by atoms with E-state index in [2.05, 4.69) is 15.3 Å². The number of ether oxygens (including phenoxy) is 1. The van der Waals surface area contributed by atoms with Crippen LogP contribution in [0.5, 0.6) is 0 Å². The van der Waals surface area contributed by atoms with Crippen LogP contribution in [0.1, 0.15) is 24.3 Å². The van der Waals surface area contributed by atoms with Crippen LogP contribution in [0.15, 0.2) is 12.4 Å². The third-order valence-corrected chi connectivity index (χ3v) is 2.49. The van der Waals surface area contributed by atoms with Crippen LogP contribution in [-0.2, 0) is 4.74 Å². The van der Waals surface area contributed by atoms with E-state index in [9.17, 15) is 4.79 Å². The summed E-state index contributed by atoms with van der Waals surface area (Å²) < 4.78 is 5.05. The minimum Gasteiger partial charge on any atom is -0.383 e. The molecule has 0 saturated heterocycles. The molecule has 1 unspecified atom stereocenters. The number of carbonyl (C=O) groups is 1. The first-order chi connectivity index (χ1) is 8.04. The van der Waals surface area contributed by atoms with E-state index in [4.69, 9.17) is 16.3 Å². The summed E-state index contributed by atoms with van der Waals surface area (Å²) in [6.07, 6.45) is 2.76. The summed E-state index contributed by atoms with van der Waals surface area (Å²) in [4.78, 5) is 19.6. The Hall–Kier alpha value is -1.20. The Balaban J connectivity index is 2.70. The molecule has 1 atom stereocenters. The third-order valence-electron chi connectivity index (χ3n) is 2.31. The fraction of sp³-hybridized carbons (Fsp3) is 0.545. The van der Waals surface area contributed by atoms with E-state index in [1.807, 2.05) is 13.8 Å². The molecule has 1 amide bonds. The summed E-state index contributed by atoms with van der Waals surface area (Å²) in [5.41, 5.74) is 0.208. The van der Waals surface area contributed by atoms with Crippen molar-refractivity contribution < 1.29 is 9.53 Å². The van der Waals surface area contributed by atoms with Gasteiger partial charge in [0.25, 0.3) is 5.91 Å².